The first-order valence-corrected chi connectivity index (χ1v) is 7.42. The first-order chi connectivity index (χ1) is 9.76. The largest absolute Gasteiger partial charge is 0.504 e. The Morgan fingerprint density at radius 2 is 1.95 bits per heavy atom. The Kier molecular flexibility index (Phi) is 3.56. The predicted molar refractivity (Wildman–Crippen MR) is 81.4 cm³/mol. The third kappa shape index (κ3) is 2.60. The van der Waals surface area contributed by atoms with Crippen molar-refractivity contribution in [2.45, 2.75) is 20.0 Å². The molecule has 0 saturated heterocycles. The van der Waals surface area contributed by atoms with E-state index in [0.29, 0.717) is 12.4 Å². The molecule has 3 aromatic rings. The number of aromatic hydroxyl groups is 1. The molecule has 0 amide bonds. The number of benzene rings is 2. The zero-order chi connectivity index (χ0) is 13.9. The predicted octanol–water partition coefficient (Wildman–Crippen LogP) is 4.14. The number of aryl methyl sites for hydroxylation is 1. The molecule has 1 heterocycles. The maximum atomic E-state index is 10.00. The van der Waals surface area contributed by atoms with Crippen LogP contribution >= 0.6 is 11.3 Å². The summed E-state index contributed by atoms with van der Waals surface area (Å²) in [5.74, 6) is 0.657. The van der Waals surface area contributed by atoms with Crippen LogP contribution in [0.25, 0.3) is 10.8 Å². The summed E-state index contributed by atoms with van der Waals surface area (Å²) in [6.45, 7) is 2.46. The van der Waals surface area contributed by atoms with Crippen molar-refractivity contribution in [3.05, 3.63) is 52.5 Å². The van der Waals surface area contributed by atoms with Crippen LogP contribution in [0, 0.1) is 0 Å². The van der Waals surface area contributed by atoms with Crippen LogP contribution in [0.5, 0.6) is 11.5 Å². The van der Waals surface area contributed by atoms with Gasteiger partial charge in [0.15, 0.2) is 11.5 Å². The highest BCUT2D eigenvalue weighted by atomic mass is 32.1. The van der Waals surface area contributed by atoms with Crippen molar-refractivity contribution in [1.29, 1.82) is 0 Å². The zero-order valence-electron chi connectivity index (χ0n) is 11.2. The van der Waals surface area contributed by atoms with E-state index in [1.807, 2.05) is 35.7 Å². The Balaban J connectivity index is 1.81. The van der Waals surface area contributed by atoms with Gasteiger partial charge in [-0.3, -0.25) is 0 Å². The molecule has 0 fully saturated rings. The van der Waals surface area contributed by atoms with Gasteiger partial charge in [0.2, 0.25) is 0 Å². The van der Waals surface area contributed by atoms with E-state index in [0.717, 1.165) is 27.9 Å². The van der Waals surface area contributed by atoms with Crippen molar-refractivity contribution in [2.24, 2.45) is 0 Å². The molecule has 0 aliphatic carbocycles. The van der Waals surface area contributed by atoms with E-state index in [1.165, 1.54) is 0 Å². The van der Waals surface area contributed by atoms with Crippen LogP contribution in [-0.4, -0.2) is 10.1 Å². The molecule has 0 radical (unpaired) electrons. The average molecular weight is 285 g/mol. The molecule has 20 heavy (non-hydrogen) atoms. The van der Waals surface area contributed by atoms with E-state index < -0.39 is 0 Å². The smallest absolute Gasteiger partial charge is 0.162 e. The lowest BCUT2D eigenvalue weighted by Crippen LogP contribution is -1.96. The SMILES string of the molecule is CCc1nc(COc2cc3ccccc3cc2O)cs1. The van der Waals surface area contributed by atoms with Gasteiger partial charge in [-0.25, -0.2) is 4.98 Å². The summed E-state index contributed by atoms with van der Waals surface area (Å²) in [7, 11) is 0. The van der Waals surface area contributed by atoms with E-state index in [2.05, 4.69) is 11.9 Å². The lowest BCUT2D eigenvalue weighted by Gasteiger charge is -2.08. The summed E-state index contributed by atoms with van der Waals surface area (Å²) < 4.78 is 5.68. The molecular weight excluding hydrogens is 270 g/mol. The lowest BCUT2D eigenvalue weighted by molar-refractivity contribution is 0.286. The molecule has 0 saturated carbocycles. The molecule has 0 spiro atoms. The second kappa shape index (κ2) is 5.51. The highest BCUT2D eigenvalue weighted by Crippen LogP contribution is 2.31. The normalized spacial score (nSPS) is 10.8. The third-order valence-electron chi connectivity index (χ3n) is 3.10. The molecule has 0 aliphatic rings. The van der Waals surface area contributed by atoms with E-state index in [4.69, 9.17) is 4.74 Å². The number of phenolic OH excluding ortho intramolecular Hbond substituents is 1. The number of rotatable bonds is 4. The quantitative estimate of drug-likeness (QED) is 0.783. The van der Waals surface area contributed by atoms with Gasteiger partial charge in [-0.15, -0.1) is 11.3 Å². The van der Waals surface area contributed by atoms with Gasteiger partial charge in [0, 0.05) is 5.38 Å². The van der Waals surface area contributed by atoms with Crippen molar-refractivity contribution in [3.63, 3.8) is 0 Å². The first-order valence-electron chi connectivity index (χ1n) is 6.54. The molecule has 0 unspecified atom stereocenters. The van der Waals surface area contributed by atoms with Gasteiger partial charge in [0.1, 0.15) is 6.61 Å². The zero-order valence-corrected chi connectivity index (χ0v) is 12.0. The maximum Gasteiger partial charge on any atom is 0.162 e. The Hall–Kier alpha value is -2.07. The molecule has 4 heteroatoms. The average Bonchev–Trinajstić information content (AvgIpc) is 2.93. The standard InChI is InChI=1S/C16H15NO2S/c1-2-16-17-13(10-20-16)9-19-15-8-12-6-4-3-5-11(12)7-14(15)18/h3-8,10,18H,2,9H2,1H3. The molecule has 0 aliphatic heterocycles. The number of hydrogen-bond acceptors (Lipinski definition) is 4. The Morgan fingerprint density at radius 1 is 1.20 bits per heavy atom. The van der Waals surface area contributed by atoms with Crippen molar-refractivity contribution in [3.8, 4) is 11.5 Å². The van der Waals surface area contributed by atoms with Gasteiger partial charge in [0.25, 0.3) is 0 Å². The summed E-state index contributed by atoms with van der Waals surface area (Å²) in [4.78, 5) is 4.45. The van der Waals surface area contributed by atoms with Crippen molar-refractivity contribution >= 4 is 22.1 Å². The second-order valence-electron chi connectivity index (χ2n) is 4.54. The molecule has 0 atom stereocenters. The Bertz CT molecular complexity index is 736. The summed E-state index contributed by atoms with van der Waals surface area (Å²) in [6.07, 6.45) is 0.936. The minimum atomic E-state index is 0.162. The summed E-state index contributed by atoms with van der Waals surface area (Å²) in [6, 6.07) is 11.5. The van der Waals surface area contributed by atoms with Crippen LogP contribution < -0.4 is 4.74 Å². The molecule has 0 bridgehead atoms. The topological polar surface area (TPSA) is 42.4 Å². The fraction of sp³-hybridized carbons (Fsp3) is 0.188. The number of hydrogen-bond donors (Lipinski definition) is 1. The van der Waals surface area contributed by atoms with Gasteiger partial charge >= 0.3 is 0 Å². The van der Waals surface area contributed by atoms with Gasteiger partial charge in [0.05, 0.1) is 10.7 Å². The molecule has 2 aromatic carbocycles. The fourth-order valence-corrected chi connectivity index (χ4v) is 2.78. The Morgan fingerprint density at radius 3 is 2.65 bits per heavy atom. The number of ether oxygens (including phenoxy) is 1. The van der Waals surface area contributed by atoms with Gasteiger partial charge < -0.3 is 9.84 Å². The van der Waals surface area contributed by atoms with Crippen molar-refractivity contribution < 1.29 is 9.84 Å². The molecule has 3 nitrogen and oxygen atoms in total. The highest BCUT2D eigenvalue weighted by molar-refractivity contribution is 7.09. The summed E-state index contributed by atoms with van der Waals surface area (Å²) >= 11 is 1.64. The van der Waals surface area contributed by atoms with Crippen molar-refractivity contribution in [1.82, 2.24) is 4.98 Å². The molecule has 1 N–H and O–H groups in total. The fourth-order valence-electron chi connectivity index (χ4n) is 2.05. The van der Waals surface area contributed by atoms with Crippen LogP contribution in [0.15, 0.2) is 41.8 Å². The van der Waals surface area contributed by atoms with Crippen LogP contribution in [0.2, 0.25) is 0 Å². The molecule has 102 valence electrons. The van der Waals surface area contributed by atoms with Crippen LogP contribution in [-0.2, 0) is 13.0 Å². The number of thiazole rings is 1. The molecule has 3 rings (SSSR count). The minimum absolute atomic E-state index is 0.162. The monoisotopic (exact) mass is 285 g/mol. The summed E-state index contributed by atoms with van der Waals surface area (Å²) in [5.41, 5.74) is 0.902. The van der Waals surface area contributed by atoms with Crippen LogP contribution in [0.1, 0.15) is 17.6 Å². The van der Waals surface area contributed by atoms with E-state index in [-0.39, 0.29) is 5.75 Å². The Labute approximate surface area is 121 Å². The van der Waals surface area contributed by atoms with E-state index >= 15 is 0 Å². The van der Waals surface area contributed by atoms with E-state index in [9.17, 15) is 5.11 Å². The summed E-state index contributed by atoms with van der Waals surface area (Å²) in [5, 5.41) is 15.1. The first kappa shape index (κ1) is 12.9. The van der Waals surface area contributed by atoms with Gasteiger partial charge in [-0.1, -0.05) is 31.2 Å². The third-order valence-corrected chi connectivity index (χ3v) is 4.15. The van der Waals surface area contributed by atoms with Crippen molar-refractivity contribution in [2.75, 3.05) is 0 Å². The highest BCUT2D eigenvalue weighted by Gasteiger charge is 2.07. The maximum absolute atomic E-state index is 10.00. The number of phenols is 1. The van der Waals surface area contributed by atoms with Gasteiger partial charge in [-0.2, -0.15) is 0 Å². The minimum Gasteiger partial charge on any atom is -0.504 e. The second-order valence-corrected chi connectivity index (χ2v) is 5.48. The van der Waals surface area contributed by atoms with Crippen LogP contribution in [0.4, 0.5) is 0 Å². The van der Waals surface area contributed by atoms with Crippen LogP contribution in [0.3, 0.4) is 0 Å². The molecular formula is C16H15NO2S. The van der Waals surface area contributed by atoms with Gasteiger partial charge in [-0.05, 0) is 29.3 Å². The number of aromatic nitrogens is 1. The lowest BCUT2D eigenvalue weighted by atomic mass is 10.1. The van der Waals surface area contributed by atoms with E-state index in [1.54, 1.807) is 17.4 Å². The number of fused-ring (bicyclic) bond motifs is 1. The molecule has 1 aromatic heterocycles. The number of nitrogens with zero attached hydrogens (tertiary/aromatic N) is 1.